The zero-order valence-electron chi connectivity index (χ0n) is 5.99. The Hall–Kier alpha value is -0.680. The van der Waals surface area contributed by atoms with Gasteiger partial charge in [-0.2, -0.15) is 0 Å². The predicted molar refractivity (Wildman–Crippen MR) is 50.1 cm³/mol. The summed E-state index contributed by atoms with van der Waals surface area (Å²) >= 11 is 3.18. The molecule has 0 fully saturated rings. The molecule has 0 aliphatic heterocycles. The summed E-state index contributed by atoms with van der Waals surface area (Å²) in [5.41, 5.74) is 0.441. The summed E-state index contributed by atoms with van der Waals surface area (Å²) in [5, 5.41) is 6.67. The summed E-state index contributed by atoms with van der Waals surface area (Å²) in [6.45, 7) is 0. The van der Waals surface area contributed by atoms with Crippen LogP contribution in [0.3, 0.4) is 0 Å². The molecule has 0 saturated carbocycles. The first-order valence-corrected chi connectivity index (χ1v) is 5.41. The minimum absolute atomic E-state index is 0.140. The minimum Gasteiger partial charge on any atom is -0.297 e. The summed E-state index contributed by atoms with van der Waals surface area (Å²) in [4.78, 5) is 0.140. The van der Waals surface area contributed by atoms with E-state index in [1.165, 1.54) is 12.1 Å². The van der Waals surface area contributed by atoms with Gasteiger partial charge in [-0.3, -0.25) is 5.41 Å². The van der Waals surface area contributed by atoms with Crippen molar-refractivity contribution in [2.45, 2.75) is 4.90 Å². The van der Waals surface area contributed by atoms with E-state index in [0.717, 1.165) is 4.47 Å². The highest BCUT2D eigenvalue weighted by atomic mass is 79.9. The van der Waals surface area contributed by atoms with Gasteiger partial charge in [0.2, 0.25) is 9.84 Å². The third-order valence-corrected chi connectivity index (χ3v) is 3.07. The van der Waals surface area contributed by atoms with Crippen molar-refractivity contribution in [2.75, 3.05) is 0 Å². The topological polar surface area (TPSA) is 58.0 Å². The van der Waals surface area contributed by atoms with Crippen LogP contribution < -0.4 is 0 Å². The second-order valence-electron chi connectivity index (χ2n) is 2.12. The van der Waals surface area contributed by atoms with Crippen LogP contribution in [0.2, 0.25) is 0 Å². The van der Waals surface area contributed by atoms with Crippen molar-refractivity contribution in [3.8, 4) is 0 Å². The van der Waals surface area contributed by atoms with E-state index >= 15 is 0 Å². The molecular formula is C7H6BrNO2S. The van der Waals surface area contributed by atoms with Gasteiger partial charge in [-0.05, 0) is 24.3 Å². The molecule has 0 amide bonds. The molecule has 0 spiro atoms. The third-order valence-electron chi connectivity index (χ3n) is 1.30. The van der Waals surface area contributed by atoms with Crippen molar-refractivity contribution in [3.05, 3.63) is 28.7 Å². The van der Waals surface area contributed by atoms with Crippen LogP contribution in [0, 0.1) is 5.41 Å². The highest BCUT2D eigenvalue weighted by Crippen LogP contribution is 2.14. The second kappa shape index (κ2) is 3.37. The van der Waals surface area contributed by atoms with Crippen molar-refractivity contribution in [3.63, 3.8) is 0 Å². The van der Waals surface area contributed by atoms with Crippen LogP contribution in [0.15, 0.2) is 33.6 Å². The fourth-order valence-corrected chi connectivity index (χ4v) is 1.61. The zero-order chi connectivity index (χ0) is 9.19. The summed E-state index contributed by atoms with van der Waals surface area (Å²) in [7, 11) is -3.49. The summed E-state index contributed by atoms with van der Waals surface area (Å²) in [6.07, 6.45) is 0. The van der Waals surface area contributed by atoms with Gasteiger partial charge in [0, 0.05) is 4.47 Å². The molecule has 12 heavy (non-hydrogen) atoms. The first-order chi connectivity index (χ1) is 5.56. The number of benzene rings is 1. The number of rotatable bonds is 2. The van der Waals surface area contributed by atoms with Crippen LogP contribution in [0.1, 0.15) is 0 Å². The van der Waals surface area contributed by atoms with Gasteiger partial charge in [-0.25, -0.2) is 8.42 Å². The number of sulfone groups is 1. The maximum Gasteiger partial charge on any atom is 0.216 e. The summed E-state index contributed by atoms with van der Waals surface area (Å²) in [5.74, 6) is 0. The van der Waals surface area contributed by atoms with Crippen molar-refractivity contribution in [2.24, 2.45) is 0 Å². The third kappa shape index (κ3) is 1.92. The molecule has 1 aromatic carbocycles. The summed E-state index contributed by atoms with van der Waals surface area (Å²) < 4.78 is 22.9. The van der Waals surface area contributed by atoms with E-state index in [0.29, 0.717) is 5.55 Å². The molecule has 0 saturated heterocycles. The lowest BCUT2D eigenvalue weighted by Crippen LogP contribution is -2.00. The average molecular weight is 248 g/mol. The quantitative estimate of drug-likeness (QED) is 0.641. The molecule has 1 aromatic rings. The average Bonchev–Trinajstić information content (AvgIpc) is 2.05. The molecule has 1 rings (SSSR count). The fraction of sp³-hybridized carbons (Fsp3) is 0. The van der Waals surface area contributed by atoms with Crippen molar-refractivity contribution < 1.29 is 8.42 Å². The number of hydrogen-bond acceptors (Lipinski definition) is 3. The summed E-state index contributed by atoms with van der Waals surface area (Å²) in [6, 6.07) is 6.14. The molecule has 0 heterocycles. The van der Waals surface area contributed by atoms with Crippen molar-refractivity contribution in [1.29, 1.82) is 5.41 Å². The van der Waals surface area contributed by atoms with E-state index in [1.807, 2.05) is 0 Å². The van der Waals surface area contributed by atoms with Crippen LogP contribution in [-0.2, 0) is 9.84 Å². The molecule has 0 aromatic heterocycles. The molecule has 3 nitrogen and oxygen atoms in total. The minimum atomic E-state index is -3.49. The van der Waals surface area contributed by atoms with Crippen LogP contribution >= 0.6 is 15.9 Å². The lowest BCUT2D eigenvalue weighted by molar-refractivity contribution is 0.608. The van der Waals surface area contributed by atoms with Gasteiger partial charge >= 0.3 is 0 Å². The van der Waals surface area contributed by atoms with Gasteiger partial charge < -0.3 is 0 Å². The maximum atomic E-state index is 11.1. The van der Waals surface area contributed by atoms with Gasteiger partial charge in [0.1, 0.15) is 5.55 Å². The van der Waals surface area contributed by atoms with Crippen molar-refractivity contribution in [1.82, 2.24) is 0 Å². The Morgan fingerprint density at radius 1 is 1.25 bits per heavy atom. The molecule has 0 aliphatic carbocycles. The van der Waals surface area contributed by atoms with Crippen molar-refractivity contribution >= 4 is 31.3 Å². The van der Waals surface area contributed by atoms with E-state index in [-0.39, 0.29) is 4.90 Å². The molecule has 0 unspecified atom stereocenters. The smallest absolute Gasteiger partial charge is 0.216 e. The standard InChI is InChI=1S/C7H6BrNO2S/c8-6-1-3-7(4-2-6)12(10,11)5-9/h1-5,9H. The Kier molecular flexibility index (Phi) is 2.64. The largest absolute Gasteiger partial charge is 0.297 e. The Labute approximate surface area is 79.0 Å². The van der Waals surface area contributed by atoms with Gasteiger partial charge in [0.25, 0.3) is 0 Å². The first kappa shape index (κ1) is 9.41. The van der Waals surface area contributed by atoms with Crippen LogP contribution in [0.4, 0.5) is 0 Å². The van der Waals surface area contributed by atoms with E-state index < -0.39 is 9.84 Å². The fourth-order valence-electron chi connectivity index (χ4n) is 0.692. The molecule has 5 heteroatoms. The van der Waals surface area contributed by atoms with Crippen LogP contribution in [0.5, 0.6) is 0 Å². The molecular weight excluding hydrogens is 242 g/mol. The molecule has 0 aliphatic rings. The van der Waals surface area contributed by atoms with Gasteiger partial charge in [-0.1, -0.05) is 15.9 Å². The SMILES string of the molecule is N=CS(=O)(=O)c1ccc(Br)cc1. The van der Waals surface area contributed by atoms with Gasteiger partial charge in [0.15, 0.2) is 0 Å². The van der Waals surface area contributed by atoms with Gasteiger partial charge in [-0.15, -0.1) is 0 Å². The second-order valence-corrected chi connectivity index (χ2v) is 4.83. The van der Waals surface area contributed by atoms with Crippen LogP contribution in [-0.4, -0.2) is 14.0 Å². The molecule has 0 atom stereocenters. The molecule has 1 N–H and O–H groups in total. The van der Waals surface area contributed by atoms with E-state index in [4.69, 9.17) is 5.41 Å². The Balaban J connectivity index is 3.23. The predicted octanol–water partition coefficient (Wildman–Crippen LogP) is 1.83. The monoisotopic (exact) mass is 247 g/mol. The Bertz CT molecular complexity index is 382. The molecule has 0 radical (unpaired) electrons. The maximum absolute atomic E-state index is 11.1. The zero-order valence-corrected chi connectivity index (χ0v) is 8.39. The Morgan fingerprint density at radius 3 is 2.17 bits per heavy atom. The van der Waals surface area contributed by atoms with Gasteiger partial charge in [0.05, 0.1) is 4.90 Å². The number of nitrogens with one attached hydrogen (secondary N) is 1. The van der Waals surface area contributed by atoms with E-state index in [9.17, 15) is 8.42 Å². The molecule has 64 valence electrons. The normalized spacial score (nSPS) is 11.1. The Morgan fingerprint density at radius 2 is 1.75 bits per heavy atom. The lowest BCUT2D eigenvalue weighted by atomic mass is 10.4. The highest BCUT2D eigenvalue weighted by Gasteiger charge is 2.08. The highest BCUT2D eigenvalue weighted by molar-refractivity contribution is 9.10. The lowest BCUT2D eigenvalue weighted by Gasteiger charge is -1.96. The molecule has 0 bridgehead atoms. The number of halogens is 1. The van der Waals surface area contributed by atoms with E-state index in [1.54, 1.807) is 12.1 Å². The first-order valence-electron chi connectivity index (χ1n) is 3.07. The van der Waals surface area contributed by atoms with E-state index in [2.05, 4.69) is 15.9 Å². The van der Waals surface area contributed by atoms with Crippen LogP contribution in [0.25, 0.3) is 0 Å². The number of hydrogen-bond donors (Lipinski definition) is 1.